The number of hydrogen-bond acceptors (Lipinski definition) is 4. The number of aliphatic carboxylic acids is 2. The summed E-state index contributed by atoms with van der Waals surface area (Å²) in [6, 6.07) is 14.2. The summed E-state index contributed by atoms with van der Waals surface area (Å²) >= 11 is 0. The summed E-state index contributed by atoms with van der Waals surface area (Å²) in [5, 5.41) is 19.2. The minimum atomic E-state index is -1.12. The van der Waals surface area contributed by atoms with Gasteiger partial charge in [0.05, 0.1) is 11.8 Å². The van der Waals surface area contributed by atoms with Gasteiger partial charge in [-0.15, -0.1) is 0 Å². The van der Waals surface area contributed by atoms with Crippen LogP contribution in [0.4, 0.5) is 0 Å². The first kappa shape index (κ1) is 16.8. The topological polar surface area (TPSA) is 93.1 Å². The van der Waals surface area contributed by atoms with E-state index in [-0.39, 0.29) is 19.6 Å². The number of fused-ring (bicyclic) bond motifs is 1. The van der Waals surface area contributed by atoms with Gasteiger partial charge in [-0.3, -0.25) is 9.59 Å². The van der Waals surface area contributed by atoms with E-state index >= 15 is 0 Å². The number of ether oxygens (including phenoxy) is 2. The molecule has 25 heavy (non-hydrogen) atoms. The first-order valence-electron chi connectivity index (χ1n) is 7.92. The van der Waals surface area contributed by atoms with Crippen LogP contribution in [0.2, 0.25) is 0 Å². The van der Waals surface area contributed by atoms with E-state index in [0.717, 1.165) is 5.56 Å². The summed E-state index contributed by atoms with van der Waals surface area (Å²) in [6.07, 6.45) is 0.271. The molecule has 2 atom stereocenters. The van der Waals surface area contributed by atoms with Crippen molar-refractivity contribution in [2.45, 2.75) is 12.8 Å². The van der Waals surface area contributed by atoms with E-state index in [0.29, 0.717) is 17.1 Å². The van der Waals surface area contributed by atoms with Crippen LogP contribution in [0.25, 0.3) is 0 Å². The number of carbonyl (C=O) groups is 2. The van der Waals surface area contributed by atoms with E-state index in [1.165, 1.54) is 0 Å². The lowest BCUT2D eigenvalue weighted by Crippen LogP contribution is -2.33. The van der Waals surface area contributed by atoms with Gasteiger partial charge in [0.15, 0.2) is 11.5 Å². The Kier molecular flexibility index (Phi) is 4.88. The Labute approximate surface area is 144 Å². The summed E-state index contributed by atoms with van der Waals surface area (Å²) in [4.78, 5) is 23.5. The predicted molar refractivity (Wildman–Crippen MR) is 88.7 cm³/mol. The van der Waals surface area contributed by atoms with Crippen molar-refractivity contribution in [3.8, 4) is 11.5 Å². The van der Waals surface area contributed by atoms with Crippen LogP contribution in [0.5, 0.6) is 11.5 Å². The molecule has 0 fully saturated rings. The van der Waals surface area contributed by atoms with E-state index < -0.39 is 23.8 Å². The lowest BCUT2D eigenvalue weighted by atomic mass is 9.82. The molecule has 3 rings (SSSR count). The molecule has 2 aromatic rings. The van der Waals surface area contributed by atoms with E-state index in [1.54, 1.807) is 30.3 Å². The summed E-state index contributed by atoms with van der Waals surface area (Å²) in [7, 11) is 0. The summed E-state index contributed by atoms with van der Waals surface area (Å²) in [5.41, 5.74) is 1.50. The number of rotatable bonds is 7. The number of hydrogen-bond donors (Lipinski definition) is 2. The third-order valence-corrected chi connectivity index (χ3v) is 4.31. The normalized spacial score (nSPS) is 14.7. The summed E-state index contributed by atoms with van der Waals surface area (Å²) < 4.78 is 10.5. The van der Waals surface area contributed by atoms with Crippen LogP contribution in [0.15, 0.2) is 48.5 Å². The number of carboxylic acid groups (broad SMARTS) is 2. The molecule has 0 saturated carbocycles. The van der Waals surface area contributed by atoms with Crippen molar-refractivity contribution in [3.05, 3.63) is 59.7 Å². The smallest absolute Gasteiger partial charge is 0.307 e. The average Bonchev–Trinajstić information content (AvgIpc) is 3.06. The van der Waals surface area contributed by atoms with E-state index in [4.69, 9.17) is 9.47 Å². The fraction of sp³-hybridized carbons (Fsp3) is 0.263. The van der Waals surface area contributed by atoms with Crippen LogP contribution >= 0.6 is 0 Å². The molecular formula is C19H18O6. The van der Waals surface area contributed by atoms with Gasteiger partial charge in [-0.25, -0.2) is 0 Å². The zero-order valence-electron chi connectivity index (χ0n) is 13.4. The van der Waals surface area contributed by atoms with Crippen molar-refractivity contribution in [1.82, 2.24) is 0 Å². The maximum absolute atomic E-state index is 11.8. The average molecular weight is 342 g/mol. The van der Waals surface area contributed by atoms with Crippen molar-refractivity contribution in [2.75, 3.05) is 6.79 Å². The molecule has 0 spiro atoms. The van der Waals surface area contributed by atoms with Gasteiger partial charge in [0.1, 0.15) is 0 Å². The van der Waals surface area contributed by atoms with Crippen molar-refractivity contribution < 1.29 is 29.3 Å². The fourth-order valence-electron chi connectivity index (χ4n) is 2.99. The van der Waals surface area contributed by atoms with Gasteiger partial charge in [-0.05, 0) is 36.1 Å². The molecule has 2 aromatic carbocycles. The van der Waals surface area contributed by atoms with E-state index in [2.05, 4.69) is 0 Å². The fourth-order valence-corrected chi connectivity index (χ4v) is 2.99. The van der Waals surface area contributed by atoms with Gasteiger partial charge in [0.2, 0.25) is 6.79 Å². The van der Waals surface area contributed by atoms with Gasteiger partial charge in [0, 0.05) is 0 Å². The molecule has 6 heteroatoms. The van der Waals surface area contributed by atoms with Crippen LogP contribution in [-0.2, 0) is 22.4 Å². The van der Waals surface area contributed by atoms with Crippen molar-refractivity contribution in [3.63, 3.8) is 0 Å². The molecule has 0 aromatic heterocycles. The molecule has 1 aliphatic rings. The molecule has 0 amide bonds. The monoisotopic (exact) mass is 342 g/mol. The standard InChI is InChI=1S/C19H18O6/c20-18(21)14(8-12-4-2-1-3-5-12)15(19(22)23)9-13-6-7-16-17(10-13)25-11-24-16/h1-7,10,14-15H,8-9,11H2,(H,20,21)(H,22,23)/t14-,15+/m0/s1. The Balaban J connectivity index is 1.82. The van der Waals surface area contributed by atoms with Crippen molar-refractivity contribution >= 4 is 11.9 Å². The number of benzene rings is 2. The Morgan fingerprint density at radius 1 is 0.840 bits per heavy atom. The molecule has 130 valence electrons. The Bertz CT molecular complexity index is 771. The lowest BCUT2D eigenvalue weighted by Gasteiger charge is -2.21. The highest BCUT2D eigenvalue weighted by atomic mass is 16.7. The quantitative estimate of drug-likeness (QED) is 0.803. The van der Waals surface area contributed by atoms with Gasteiger partial charge >= 0.3 is 11.9 Å². The molecule has 6 nitrogen and oxygen atoms in total. The van der Waals surface area contributed by atoms with Crippen LogP contribution in [-0.4, -0.2) is 28.9 Å². The molecule has 1 aliphatic heterocycles. The summed E-state index contributed by atoms with van der Waals surface area (Å²) in [5.74, 6) is -3.15. The van der Waals surface area contributed by atoms with Gasteiger partial charge in [-0.1, -0.05) is 36.4 Å². The molecule has 0 unspecified atom stereocenters. The highest BCUT2D eigenvalue weighted by molar-refractivity contribution is 5.80. The Morgan fingerprint density at radius 2 is 1.44 bits per heavy atom. The van der Waals surface area contributed by atoms with Crippen LogP contribution in [0, 0.1) is 11.8 Å². The van der Waals surface area contributed by atoms with Crippen molar-refractivity contribution in [1.29, 1.82) is 0 Å². The van der Waals surface area contributed by atoms with Gasteiger partial charge in [-0.2, -0.15) is 0 Å². The maximum atomic E-state index is 11.8. The van der Waals surface area contributed by atoms with Gasteiger partial charge in [0.25, 0.3) is 0 Å². The first-order valence-corrected chi connectivity index (χ1v) is 7.92. The SMILES string of the molecule is O=C(O)[C@@H](Cc1ccccc1)[C@@H](Cc1ccc2c(c1)OCO2)C(=O)O. The maximum Gasteiger partial charge on any atom is 0.307 e. The molecular weight excluding hydrogens is 324 g/mol. The third kappa shape index (κ3) is 3.91. The highest BCUT2D eigenvalue weighted by Crippen LogP contribution is 2.34. The largest absolute Gasteiger partial charge is 0.481 e. The second kappa shape index (κ2) is 7.25. The van der Waals surface area contributed by atoms with Crippen LogP contribution < -0.4 is 9.47 Å². The Morgan fingerprint density at radius 3 is 2.08 bits per heavy atom. The van der Waals surface area contributed by atoms with Crippen LogP contribution in [0.3, 0.4) is 0 Å². The minimum absolute atomic E-state index is 0.107. The Hall–Kier alpha value is -3.02. The predicted octanol–water partition coefficient (Wildman–Crippen LogP) is 2.60. The zero-order chi connectivity index (χ0) is 17.8. The second-order valence-corrected chi connectivity index (χ2v) is 5.97. The zero-order valence-corrected chi connectivity index (χ0v) is 13.4. The van der Waals surface area contributed by atoms with Gasteiger partial charge < -0.3 is 19.7 Å². The molecule has 1 heterocycles. The molecule has 0 radical (unpaired) electrons. The second-order valence-electron chi connectivity index (χ2n) is 5.97. The molecule has 0 bridgehead atoms. The van der Waals surface area contributed by atoms with E-state index in [9.17, 15) is 19.8 Å². The third-order valence-electron chi connectivity index (χ3n) is 4.31. The van der Waals surface area contributed by atoms with E-state index in [1.807, 2.05) is 18.2 Å². The summed E-state index contributed by atoms with van der Waals surface area (Å²) in [6.45, 7) is 0.132. The van der Waals surface area contributed by atoms with Crippen molar-refractivity contribution in [2.24, 2.45) is 11.8 Å². The highest BCUT2D eigenvalue weighted by Gasteiger charge is 2.34. The molecule has 0 saturated heterocycles. The first-order chi connectivity index (χ1) is 12.0. The number of carboxylic acids is 2. The lowest BCUT2D eigenvalue weighted by molar-refractivity contribution is -0.153. The molecule has 2 N–H and O–H groups in total. The van der Waals surface area contributed by atoms with Crippen LogP contribution in [0.1, 0.15) is 11.1 Å². The minimum Gasteiger partial charge on any atom is -0.481 e. The molecule has 0 aliphatic carbocycles.